The average molecular weight is 616 g/mol. The van der Waals surface area contributed by atoms with Crippen LogP contribution in [0.4, 0.5) is 0 Å². The van der Waals surface area contributed by atoms with Crippen LogP contribution >= 0.6 is 0 Å². The lowest BCUT2D eigenvalue weighted by atomic mass is 9.70. The minimum Gasteiger partial charge on any atom is -0.438 e. The highest BCUT2D eigenvalue weighted by molar-refractivity contribution is 6.77. The largest absolute Gasteiger partial charge is 0.438 e. The summed E-state index contributed by atoms with van der Waals surface area (Å²) in [6, 6.07) is 0. The maximum absolute atomic E-state index is 14.5. The number of carbonyl (C=O) groups excluding carboxylic acids is 3. The first-order chi connectivity index (χ1) is 18.9. The van der Waals surface area contributed by atoms with Crippen LogP contribution in [0, 0.1) is 11.8 Å². The summed E-state index contributed by atoms with van der Waals surface area (Å²) in [5.74, 6) is -2.00. The Morgan fingerprint density at radius 1 is 1.05 bits per heavy atom. The number of fused-ring (bicyclic) bond motifs is 1. The lowest BCUT2D eigenvalue weighted by Crippen LogP contribution is -2.79. The quantitative estimate of drug-likeness (QED) is 0.104. The van der Waals surface area contributed by atoms with E-state index >= 15 is 0 Å². The zero-order valence-corrected chi connectivity index (χ0v) is 30.0. The highest BCUT2D eigenvalue weighted by Crippen LogP contribution is 2.57. The van der Waals surface area contributed by atoms with Gasteiger partial charge in [0, 0.05) is 20.1 Å². The van der Waals surface area contributed by atoms with Crippen molar-refractivity contribution in [3.8, 4) is 0 Å². The number of nitrogens with zero attached hydrogens (tertiary/aromatic N) is 1. The minimum atomic E-state index is -3.02. The minimum absolute atomic E-state index is 0.0284. The van der Waals surface area contributed by atoms with E-state index in [0.717, 1.165) is 6.29 Å². The third kappa shape index (κ3) is 5.52. The summed E-state index contributed by atoms with van der Waals surface area (Å²) in [6.07, 6.45) is 0.399. The summed E-state index contributed by atoms with van der Waals surface area (Å²) in [5.41, 5.74) is -2.06. The van der Waals surface area contributed by atoms with Gasteiger partial charge in [0.2, 0.25) is 14.2 Å². The first kappa shape index (κ1) is 36.1. The van der Waals surface area contributed by atoms with Gasteiger partial charge >= 0.3 is 14.5 Å². The van der Waals surface area contributed by atoms with Gasteiger partial charge in [-0.3, -0.25) is 4.79 Å². The molecule has 5 atom stereocenters. The van der Waals surface area contributed by atoms with Crippen LogP contribution in [0.25, 0.3) is 0 Å². The Kier molecular flexibility index (Phi) is 11.7. The normalized spacial score (nSPS) is 28.1. The molecule has 0 aromatic heterocycles. The van der Waals surface area contributed by atoms with Crippen molar-refractivity contribution >= 4 is 35.0 Å². The van der Waals surface area contributed by atoms with E-state index in [0.29, 0.717) is 16.6 Å². The maximum atomic E-state index is 14.5. The first-order valence-electron chi connectivity index (χ1n) is 15.3. The summed E-state index contributed by atoms with van der Waals surface area (Å²) in [4.78, 5) is 41.6. The topological polar surface area (TPSA) is 101 Å². The van der Waals surface area contributed by atoms with E-state index in [1.807, 2.05) is 0 Å². The molecule has 238 valence electrons. The molecular weight excluding hydrogens is 559 g/mol. The van der Waals surface area contributed by atoms with Gasteiger partial charge in [-0.15, -0.1) is 0 Å². The molecule has 2 saturated heterocycles. The lowest BCUT2D eigenvalue weighted by molar-refractivity contribution is -0.220. The van der Waals surface area contributed by atoms with E-state index in [2.05, 4.69) is 69.2 Å². The van der Waals surface area contributed by atoms with Gasteiger partial charge in [0.25, 0.3) is 0 Å². The van der Waals surface area contributed by atoms with Crippen LogP contribution in [0.1, 0.15) is 89.5 Å². The summed E-state index contributed by atoms with van der Waals surface area (Å²) in [6.45, 7) is 24.6. The highest BCUT2D eigenvalue weighted by Gasteiger charge is 2.79. The van der Waals surface area contributed by atoms with Crippen molar-refractivity contribution in [2.24, 2.45) is 11.8 Å². The Hall–Kier alpha value is -1.12. The molecule has 11 heteroatoms. The molecule has 2 aliphatic rings. The van der Waals surface area contributed by atoms with E-state index in [9.17, 15) is 14.4 Å². The molecule has 0 aromatic rings. The van der Waals surface area contributed by atoms with Gasteiger partial charge in [0.15, 0.2) is 12.3 Å². The number of ether oxygens (including phenoxy) is 2. The van der Waals surface area contributed by atoms with Crippen LogP contribution in [0.15, 0.2) is 0 Å². The van der Waals surface area contributed by atoms with Crippen molar-refractivity contribution in [2.45, 2.75) is 134 Å². The van der Waals surface area contributed by atoms with E-state index in [4.69, 9.17) is 22.8 Å². The number of esters is 1. The smallest absolute Gasteiger partial charge is 0.344 e. The molecule has 2 rings (SSSR count). The Labute approximate surface area is 250 Å². The molecular formula is C30H57NO8Si2. The van der Waals surface area contributed by atoms with Crippen LogP contribution in [0.5, 0.6) is 0 Å². The fourth-order valence-corrected chi connectivity index (χ4v) is 17.3. The average Bonchev–Trinajstić information content (AvgIpc) is 3.07. The third-order valence-electron chi connectivity index (χ3n) is 10.1. The number of hydrogen-bond donors (Lipinski definition) is 0. The molecule has 41 heavy (non-hydrogen) atoms. The molecule has 0 radical (unpaired) electrons. The maximum Gasteiger partial charge on any atom is 0.344 e. The van der Waals surface area contributed by atoms with Gasteiger partial charge in [-0.2, -0.15) is 0 Å². The van der Waals surface area contributed by atoms with Crippen LogP contribution in [0.3, 0.4) is 0 Å². The molecule has 0 bridgehead atoms. The van der Waals surface area contributed by atoms with Gasteiger partial charge < -0.3 is 32.4 Å². The Bertz CT molecular complexity index is 912. The van der Waals surface area contributed by atoms with Crippen LogP contribution in [-0.2, 0) is 37.1 Å². The molecule has 0 aliphatic carbocycles. The predicted molar refractivity (Wildman–Crippen MR) is 164 cm³/mol. The number of amides is 1. The van der Waals surface area contributed by atoms with Crippen molar-refractivity contribution in [3.63, 3.8) is 0 Å². The zero-order valence-electron chi connectivity index (χ0n) is 28.0. The molecule has 0 N–H and O–H groups in total. The van der Waals surface area contributed by atoms with Crippen LogP contribution in [-0.4, -0.2) is 84.7 Å². The number of methoxy groups -OCH3 is 1. The van der Waals surface area contributed by atoms with E-state index in [1.165, 1.54) is 4.90 Å². The van der Waals surface area contributed by atoms with E-state index < -0.39 is 46.0 Å². The fraction of sp³-hybridized carbons (Fsp3) is 0.900. The number of aldehydes is 1. The van der Waals surface area contributed by atoms with Crippen molar-refractivity contribution in [1.29, 1.82) is 0 Å². The molecule has 0 aromatic carbocycles. The van der Waals surface area contributed by atoms with Crippen LogP contribution < -0.4 is 0 Å². The second-order valence-corrected chi connectivity index (χ2v) is 23.5. The number of carbonyl (C=O) groups is 3. The highest BCUT2D eigenvalue weighted by atomic mass is 28.4. The van der Waals surface area contributed by atoms with Gasteiger partial charge in [-0.25, -0.2) is 4.79 Å². The molecule has 2 aliphatic heterocycles. The number of hydrogen-bond acceptors (Lipinski definition) is 8. The van der Waals surface area contributed by atoms with Crippen molar-refractivity contribution in [2.75, 3.05) is 27.6 Å². The third-order valence-corrected chi connectivity index (χ3v) is 20.6. The predicted octanol–water partition coefficient (Wildman–Crippen LogP) is 5.81. The van der Waals surface area contributed by atoms with Gasteiger partial charge in [-0.1, -0.05) is 83.1 Å². The monoisotopic (exact) mass is 615 g/mol. The molecule has 2 fully saturated rings. The second-order valence-electron chi connectivity index (χ2n) is 13.8. The van der Waals surface area contributed by atoms with Gasteiger partial charge in [0.05, 0.1) is 18.6 Å². The van der Waals surface area contributed by atoms with Crippen molar-refractivity contribution in [3.05, 3.63) is 0 Å². The lowest BCUT2D eigenvalue weighted by Gasteiger charge is -2.59. The Balaban J connectivity index is 2.70. The summed E-state index contributed by atoms with van der Waals surface area (Å²) in [5, 5.41) is 0. The second kappa shape index (κ2) is 13.3. The van der Waals surface area contributed by atoms with E-state index in [1.54, 1.807) is 28.0 Å². The summed E-state index contributed by atoms with van der Waals surface area (Å²) in [7, 11) is -2.18. The first-order valence-corrected chi connectivity index (χ1v) is 19.4. The van der Waals surface area contributed by atoms with Gasteiger partial charge in [-0.05, 0) is 34.1 Å². The van der Waals surface area contributed by atoms with E-state index in [-0.39, 0.29) is 42.7 Å². The molecule has 0 spiro atoms. The van der Waals surface area contributed by atoms with Crippen molar-refractivity contribution in [1.82, 2.24) is 4.90 Å². The zero-order chi connectivity index (χ0) is 31.7. The number of likely N-dealkylation sites (tertiary alicyclic amines) is 1. The molecule has 9 nitrogen and oxygen atoms in total. The summed E-state index contributed by atoms with van der Waals surface area (Å²) < 4.78 is 32.6. The SMILES string of the molecule is CO[C@@H](C[C@@H](C)C=O)[C@@]12O[Si](C(C)C)(C(C)C)OC[C@]1(C(=O)OCO[Si](C(C)C)(C(C)C)C(C)C)N(C)C(=O)[C@@H]2C. The molecule has 2 heterocycles. The number of likely N-dealkylation sites (N-methyl/N-ethyl adjacent to an activating group) is 1. The fourth-order valence-electron chi connectivity index (χ4n) is 8.02. The standard InChI is InChI=1S/C30H57NO8Si2/c1-19(2)40(20(3)4,21(5)6)38-18-36-28(34)29-17-37-41(22(7)8,23(9)10)39-30(29,25(12)27(33)31(29)13)26(35-14)15-24(11)16-32/h16,19-26H,15,17-18H2,1-14H3/t24-,25+,26+,29-,30-/m1/s1. The molecule has 0 unspecified atom stereocenters. The Morgan fingerprint density at radius 2 is 1.56 bits per heavy atom. The number of rotatable bonds is 14. The molecule has 0 saturated carbocycles. The van der Waals surface area contributed by atoms with Crippen molar-refractivity contribution < 1.29 is 37.1 Å². The van der Waals surface area contributed by atoms with Gasteiger partial charge in [0.1, 0.15) is 11.9 Å². The van der Waals surface area contributed by atoms with Crippen LogP contribution in [0.2, 0.25) is 27.7 Å². The summed E-state index contributed by atoms with van der Waals surface area (Å²) >= 11 is 0. The molecule has 1 amide bonds. The Morgan fingerprint density at radius 3 is 1.98 bits per heavy atom.